The number of benzene rings is 2. The third kappa shape index (κ3) is 6.29. The molecular formula is C23H24N2O5S. The molecule has 31 heavy (non-hydrogen) atoms. The highest BCUT2D eigenvalue weighted by atomic mass is 32.2. The minimum Gasteiger partial charge on any atom is -0.463 e. The Labute approximate surface area is 182 Å². The largest absolute Gasteiger partial charge is 0.463 e. The summed E-state index contributed by atoms with van der Waals surface area (Å²) < 4.78 is 30.2. The van der Waals surface area contributed by atoms with Crippen LogP contribution in [0.15, 0.2) is 60.7 Å². The Morgan fingerprint density at radius 3 is 2.19 bits per heavy atom. The topological polar surface area (TPSA) is 92.8 Å². The smallest absolute Gasteiger partial charge is 0.330 e. The summed E-state index contributed by atoms with van der Waals surface area (Å²) >= 11 is 0. The number of carbonyl (C=O) groups is 2. The lowest BCUT2D eigenvalue weighted by atomic mass is 10.2. The van der Waals surface area contributed by atoms with Crippen LogP contribution in [0.1, 0.15) is 24.5 Å². The number of nitrogens with one attached hydrogen (secondary N) is 1. The second-order valence-corrected chi connectivity index (χ2v) is 8.88. The van der Waals surface area contributed by atoms with Crippen molar-refractivity contribution in [3.8, 4) is 0 Å². The first-order valence-corrected chi connectivity index (χ1v) is 11.5. The van der Waals surface area contributed by atoms with Crippen LogP contribution in [0.25, 0.3) is 12.2 Å². The molecule has 1 aliphatic heterocycles. The first kappa shape index (κ1) is 22.3. The van der Waals surface area contributed by atoms with Gasteiger partial charge in [-0.25, -0.2) is 13.2 Å². The fraction of sp³-hybridized carbons (Fsp3) is 0.217. The molecule has 7 nitrogen and oxygen atoms in total. The van der Waals surface area contributed by atoms with Crippen molar-refractivity contribution in [3.63, 3.8) is 0 Å². The molecule has 3 rings (SSSR count). The van der Waals surface area contributed by atoms with Gasteiger partial charge in [0.1, 0.15) is 0 Å². The molecule has 0 bridgehead atoms. The lowest BCUT2D eigenvalue weighted by Gasteiger charge is -2.16. The summed E-state index contributed by atoms with van der Waals surface area (Å²) in [7, 11) is -3.20. The van der Waals surface area contributed by atoms with E-state index in [0.29, 0.717) is 30.9 Å². The van der Waals surface area contributed by atoms with Gasteiger partial charge >= 0.3 is 5.97 Å². The van der Waals surface area contributed by atoms with Crippen molar-refractivity contribution < 1.29 is 22.7 Å². The molecule has 0 atom stereocenters. The average molecular weight is 441 g/mol. The molecule has 1 aliphatic rings. The number of anilines is 2. The molecule has 162 valence electrons. The molecule has 0 unspecified atom stereocenters. The van der Waals surface area contributed by atoms with Crippen LogP contribution in [0.4, 0.5) is 11.4 Å². The van der Waals surface area contributed by atoms with E-state index in [2.05, 4.69) is 5.32 Å². The van der Waals surface area contributed by atoms with Crippen molar-refractivity contribution in [2.24, 2.45) is 0 Å². The fourth-order valence-electron chi connectivity index (χ4n) is 3.07. The Morgan fingerprint density at radius 1 is 1.00 bits per heavy atom. The van der Waals surface area contributed by atoms with Gasteiger partial charge in [-0.1, -0.05) is 24.3 Å². The van der Waals surface area contributed by atoms with Gasteiger partial charge in [0.2, 0.25) is 15.9 Å². The molecule has 2 aromatic rings. The molecule has 0 aromatic heterocycles. The highest BCUT2D eigenvalue weighted by Crippen LogP contribution is 2.24. The maximum atomic E-state index is 12.2. The summed E-state index contributed by atoms with van der Waals surface area (Å²) in [6.07, 6.45) is 6.70. The van der Waals surface area contributed by atoms with Gasteiger partial charge in [-0.3, -0.25) is 9.10 Å². The first-order valence-electron chi connectivity index (χ1n) is 9.92. The number of hydrogen-bond donors (Lipinski definition) is 1. The second kappa shape index (κ2) is 10.1. The molecule has 1 N–H and O–H groups in total. The van der Waals surface area contributed by atoms with Gasteiger partial charge in [-0.2, -0.15) is 0 Å². The van der Waals surface area contributed by atoms with Crippen LogP contribution in [0, 0.1) is 0 Å². The molecule has 2 aromatic carbocycles. The third-order valence-corrected chi connectivity index (χ3v) is 6.45. The normalized spacial score (nSPS) is 15.5. The standard InChI is InChI=1S/C23H24N2O5S/c1-2-30-23(27)15-9-18-4-10-20(11-5-18)24-22(26)14-8-19-6-12-21(13-7-19)25-16-3-17-31(25,28)29/h4-15H,2-3,16-17H2,1H3,(H,24,26)/b14-8+,15-9+. The van der Waals surface area contributed by atoms with Crippen molar-refractivity contribution >= 4 is 45.4 Å². The highest BCUT2D eigenvalue weighted by Gasteiger charge is 2.28. The fourth-order valence-corrected chi connectivity index (χ4v) is 4.63. The molecule has 0 spiro atoms. The number of amides is 1. The number of ether oxygens (including phenoxy) is 1. The molecule has 1 heterocycles. The summed E-state index contributed by atoms with van der Waals surface area (Å²) in [6.45, 7) is 2.57. The van der Waals surface area contributed by atoms with Gasteiger partial charge in [0, 0.05) is 24.4 Å². The zero-order chi connectivity index (χ0) is 22.3. The van der Waals surface area contributed by atoms with Crippen molar-refractivity contribution in [1.82, 2.24) is 0 Å². The number of carbonyl (C=O) groups excluding carboxylic acids is 2. The summed E-state index contributed by atoms with van der Waals surface area (Å²) in [4.78, 5) is 23.5. The van der Waals surface area contributed by atoms with E-state index in [1.807, 2.05) is 0 Å². The summed E-state index contributed by atoms with van der Waals surface area (Å²) in [6, 6.07) is 14.1. The minimum absolute atomic E-state index is 0.178. The maximum Gasteiger partial charge on any atom is 0.330 e. The van der Waals surface area contributed by atoms with E-state index in [-0.39, 0.29) is 11.7 Å². The van der Waals surface area contributed by atoms with Crippen LogP contribution in [0.2, 0.25) is 0 Å². The minimum atomic E-state index is -3.20. The van der Waals surface area contributed by atoms with E-state index in [0.717, 1.165) is 11.1 Å². The van der Waals surface area contributed by atoms with Gasteiger partial charge in [0.25, 0.3) is 0 Å². The van der Waals surface area contributed by atoms with E-state index in [1.165, 1.54) is 16.5 Å². The van der Waals surface area contributed by atoms with Gasteiger partial charge in [0.15, 0.2) is 0 Å². The third-order valence-electron chi connectivity index (χ3n) is 4.58. The van der Waals surface area contributed by atoms with Crippen molar-refractivity contribution in [1.29, 1.82) is 0 Å². The Balaban J connectivity index is 1.55. The number of rotatable bonds is 7. The van der Waals surface area contributed by atoms with Crippen molar-refractivity contribution in [2.75, 3.05) is 28.5 Å². The molecule has 1 fully saturated rings. The van der Waals surface area contributed by atoms with Crippen LogP contribution in [-0.4, -0.2) is 39.2 Å². The lowest BCUT2D eigenvalue weighted by molar-refractivity contribution is -0.137. The summed E-state index contributed by atoms with van der Waals surface area (Å²) in [5.74, 6) is -0.515. The number of nitrogens with zero attached hydrogens (tertiary/aromatic N) is 1. The van der Waals surface area contributed by atoms with Crippen LogP contribution >= 0.6 is 0 Å². The average Bonchev–Trinajstić information content (AvgIpc) is 3.11. The van der Waals surface area contributed by atoms with E-state index < -0.39 is 16.0 Å². The first-order chi connectivity index (χ1) is 14.9. The summed E-state index contributed by atoms with van der Waals surface area (Å²) in [5.41, 5.74) is 2.85. The Morgan fingerprint density at radius 2 is 1.61 bits per heavy atom. The maximum absolute atomic E-state index is 12.2. The number of sulfonamides is 1. The van der Waals surface area contributed by atoms with E-state index in [1.54, 1.807) is 67.6 Å². The Hall–Kier alpha value is -3.39. The van der Waals surface area contributed by atoms with Crippen LogP contribution in [0.5, 0.6) is 0 Å². The van der Waals surface area contributed by atoms with Gasteiger partial charge in [0.05, 0.1) is 18.0 Å². The predicted octanol–water partition coefficient (Wildman–Crippen LogP) is 3.45. The zero-order valence-electron chi connectivity index (χ0n) is 17.2. The zero-order valence-corrected chi connectivity index (χ0v) is 18.0. The van der Waals surface area contributed by atoms with E-state index >= 15 is 0 Å². The molecule has 8 heteroatoms. The van der Waals surface area contributed by atoms with Crippen LogP contribution in [0.3, 0.4) is 0 Å². The molecule has 1 saturated heterocycles. The quantitative estimate of drug-likeness (QED) is 0.526. The van der Waals surface area contributed by atoms with Gasteiger partial charge < -0.3 is 10.1 Å². The van der Waals surface area contributed by atoms with E-state index in [9.17, 15) is 18.0 Å². The predicted molar refractivity (Wildman–Crippen MR) is 122 cm³/mol. The summed E-state index contributed by atoms with van der Waals surface area (Å²) in [5, 5.41) is 2.76. The number of esters is 1. The van der Waals surface area contributed by atoms with E-state index in [4.69, 9.17) is 4.74 Å². The van der Waals surface area contributed by atoms with Gasteiger partial charge in [-0.15, -0.1) is 0 Å². The van der Waals surface area contributed by atoms with Crippen LogP contribution in [-0.2, 0) is 24.3 Å². The number of hydrogen-bond acceptors (Lipinski definition) is 5. The van der Waals surface area contributed by atoms with Gasteiger partial charge in [-0.05, 0) is 60.9 Å². The monoisotopic (exact) mass is 440 g/mol. The molecular weight excluding hydrogens is 416 g/mol. The van der Waals surface area contributed by atoms with Crippen molar-refractivity contribution in [3.05, 3.63) is 71.8 Å². The molecule has 0 radical (unpaired) electrons. The van der Waals surface area contributed by atoms with Crippen molar-refractivity contribution in [2.45, 2.75) is 13.3 Å². The molecule has 1 amide bonds. The Kier molecular flexibility index (Phi) is 7.25. The van der Waals surface area contributed by atoms with Crippen LogP contribution < -0.4 is 9.62 Å². The Bertz CT molecular complexity index is 1090. The lowest BCUT2D eigenvalue weighted by Crippen LogP contribution is -2.24. The SMILES string of the molecule is CCOC(=O)/C=C/c1ccc(NC(=O)/C=C/c2ccc(N3CCCS3(=O)=O)cc2)cc1. The highest BCUT2D eigenvalue weighted by molar-refractivity contribution is 7.93. The molecule has 0 aliphatic carbocycles. The second-order valence-electron chi connectivity index (χ2n) is 6.86. The molecule has 0 saturated carbocycles.